The highest BCUT2D eigenvalue weighted by Gasteiger charge is 2.42. The number of rotatable bonds is 8. The van der Waals surface area contributed by atoms with Crippen LogP contribution in [0.4, 0.5) is 11.4 Å². The number of hydrazine groups is 1. The lowest BCUT2D eigenvalue weighted by molar-refractivity contribution is -0.121. The van der Waals surface area contributed by atoms with E-state index in [9.17, 15) is 9.59 Å². The summed E-state index contributed by atoms with van der Waals surface area (Å²) in [5.74, 6) is 1.26. The second-order valence-electron chi connectivity index (χ2n) is 7.53. The van der Waals surface area contributed by atoms with Crippen LogP contribution >= 0.6 is 11.8 Å². The fourth-order valence-corrected chi connectivity index (χ4v) is 4.52. The first kappa shape index (κ1) is 23.9. The van der Waals surface area contributed by atoms with Crippen molar-refractivity contribution in [2.75, 3.05) is 43.3 Å². The predicted molar refractivity (Wildman–Crippen MR) is 132 cm³/mol. The molecule has 2 aromatic carbocycles. The lowest BCUT2D eigenvalue weighted by Gasteiger charge is -2.32. The Morgan fingerprint density at radius 2 is 1.85 bits per heavy atom. The number of nitrogens with one attached hydrogen (secondary N) is 3. The smallest absolute Gasteiger partial charge is 0.241 e. The summed E-state index contributed by atoms with van der Waals surface area (Å²) in [4.78, 5) is 32.3. The average Bonchev–Trinajstić information content (AvgIpc) is 3.32. The van der Waals surface area contributed by atoms with Crippen molar-refractivity contribution in [2.24, 2.45) is 10.9 Å². The molecule has 0 aromatic heterocycles. The number of hydrogen-bond acceptors (Lipinski definition) is 9. The van der Waals surface area contributed by atoms with Crippen LogP contribution in [0, 0.1) is 5.92 Å². The van der Waals surface area contributed by atoms with E-state index in [2.05, 4.69) is 16.2 Å². The topological polar surface area (TPSA) is 114 Å². The summed E-state index contributed by atoms with van der Waals surface area (Å²) in [5.41, 5.74) is 7.24. The number of hydrogen-bond donors (Lipinski definition) is 3. The number of benzene rings is 2. The first-order chi connectivity index (χ1) is 16.5. The summed E-state index contributed by atoms with van der Waals surface area (Å²) in [6, 6.07) is 12.4. The van der Waals surface area contributed by atoms with Gasteiger partial charge in [0, 0.05) is 30.4 Å². The van der Waals surface area contributed by atoms with E-state index in [0.717, 1.165) is 5.75 Å². The molecular formula is C23H27N5O5S. The third-order valence-electron chi connectivity index (χ3n) is 5.30. The Kier molecular flexibility index (Phi) is 7.56. The first-order valence-electron chi connectivity index (χ1n) is 10.8. The highest BCUT2D eigenvalue weighted by Crippen LogP contribution is 2.31. The van der Waals surface area contributed by atoms with Gasteiger partial charge in [0.25, 0.3) is 0 Å². The largest absolute Gasteiger partial charge is 0.497 e. The zero-order valence-corrected chi connectivity index (χ0v) is 20.0. The van der Waals surface area contributed by atoms with E-state index in [0.29, 0.717) is 41.2 Å². The molecule has 2 aliphatic heterocycles. The molecule has 0 saturated carbocycles. The van der Waals surface area contributed by atoms with E-state index in [-0.39, 0.29) is 29.7 Å². The molecule has 0 bridgehead atoms. The summed E-state index contributed by atoms with van der Waals surface area (Å²) < 4.78 is 16.0. The third kappa shape index (κ3) is 5.27. The molecule has 10 nitrogen and oxygen atoms in total. The molecule has 1 saturated heterocycles. The molecule has 34 heavy (non-hydrogen) atoms. The number of amidine groups is 1. The van der Waals surface area contributed by atoms with Gasteiger partial charge < -0.3 is 19.5 Å². The second kappa shape index (κ2) is 10.8. The molecule has 2 heterocycles. The molecule has 3 N–H and O–H groups in total. The number of amides is 2. The number of carbonyl (C=O) groups excluding carboxylic acids is 2. The van der Waals surface area contributed by atoms with Crippen LogP contribution in [0.5, 0.6) is 17.2 Å². The highest BCUT2D eigenvalue weighted by atomic mass is 32.2. The Bertz CT molecular complexity index is 1060. The minimum atomic E-state index is -0.375. The molecule has 4 rings (SSSR count). The molecule has 2 unspecified atom stereocenters. The summed E-state index contributed by atoms with van der Waals surface area (Å²) >= 11 is 1.20. The second-order valence-corrected chi connectivity index (χ2v) is 8.47. The van der Waals surface area contributed by atoms with E-state index in [4.69, 9.17) is 19.2 Å². The maximum Gasteiger partial charge on any atom is 0.241 e. The predicted octanol–water partition coefficient (Wildman–Crippen LogP) is 2.23. The Morgan fingerprint density at radius 3 is 2.50 bits per heavy atom. The van der Waals surface area contributed by atoms with Crippen molar-refractivity contribution in [2.45, 2.75) is 13.1 Å². The van der Waals surface area contributed by atoms with Crippen molar-refractivity contribution in [1.29, 1.82) is 0 Å². The zero-order valence-electron chi connectivity index (χ0n) is 19.2. The summed E-state index contributed by atoms with van der Waals surface area (Å²) in [6.07, 6.45) is -0.375. The quantitative estimate of drug-likeness (QED) is 0.522. The molecular weight excluding hydrogens is 458 g/mol. The van der Waals surface area contributed by atoms with E-state index in [1.54, 1.807) is 37.3 Å². The summed E-state index contributed by atoms with van der Waals surface area (Å²) in [5, 5.41) is 3.29. The SMILES string of the molecule is CCOc1ccc(N2C(=O)C3CNNC3N=C2SCC(=O)Nc2cc(OC)cc(OC)c2)cc1. The van der Waals surface area contributed by atoms with Crippen molar-refractivity contribution in [3.05, 3.63) is 42.5 Å². The van der Waals surface area contributed by atoms with Crippen molar-refractivity contribution in [3.8, 4) is 17.2 Å². The molecule has 2 aliphatic rings. The molecule has 2 amide bonds. The number of carbonyl (C=O) groups is 2. The van der Waals surface area contributed by atoms with Crippen molar-refractivity contribution >= 4 is 40.1 Å². The number of ether oxygens (including phenoxy) is 3. The van der Waals surface area contributed by atoms with Gasteiger partial charge in [-0.25, -0.2) is 10.4 Å². The van der Waals surface area contributed by atoms with Gasteiger partial charge in [0.2, 0.25) is 11.8 Å². The van der Waals surface area contributed by atoms with Crippen molar-refractivity contribution in [3.63, 3.8) is 0 Å². The zero-order chi connectivity index (χ0) is 24.1. The lowest BCUT2D eigenvalue weighted by atomic mass is 10.0. The number of thioether (sulfide) groups is 1. The van der Waals surface area contributed by atoms with Gasteiger partial charge in [-0.05, 0) is 31.2 Å². The number of methoxy groups -OCH3 is 2. The van der Waals surface area contributed by atoms with Gasteiger partial charge in [0.05, 0.1) is 38.2 Å². The van der Waals surface area contributed by atoms with Crippen molar-refractivity contribution < 1.29 is 23.8 Å². The Balaban J connectivity index is 1.50. The Hall–Kier alpha value is -3.28. The van der Waals surface area contributed by atoms with Crippen LogP contribution in [-0.2, 0) is 9.59 Å². The van der Waals surface area contributed by atoms with Gasteiger partial charge in [0.15, 0.2) is 5.17 Å². The molecule has 0 spiro atoms. The third-order valence-corrected chi connectivity index (χ3v) is 6.26. The van der Waals surface area contributed by atoms with Crippen LogP contribution in [-0.4, -0.2) is 56.3 Å². The van der Waals surface area contributed by atoms with Crippen LogP contribution in [0.1, 0.15) is 6.92 Å². The number of aliphatic imine (C=N–C) groups is 1. The number of nitrogens with zero attached hydrogens (tertiary/aromatic N) is 2. The molecule has 1 fully saturated rings. The van der Waals surface area contributed by atoms with E-state index < -0.39 is 0 Å². The monoisotopic (exact) mass is 485 g/mol. The van der Waals surface area contributed by atoms with Gasteiger partial charge in [-0.3, -0.25) is 19.9 Å². The highest BCUT2D eigenvalue weighted by molar-refractivity contribution is 8.14. The fourth-order valence-electron chi connectivity index (χ4n) is 3.67. The normalized spacial score (nSPS) is 19.3. The first-order valence-corrected chi connectivity index (χ1v) is 11.8. The molecule has 11 heteroatoms. The number of fused-ring (bicyclic) bond motifs is 1. The minimum absolute atomic E-state index is 0.0595. The molecule has 0 aliphatic carbocycles. The molecule has 2 atom stereocenters. The van der Waals surface area contributed by atoms with E-state index >= 15 is 0 Å². The van der Waals surface area contributed by atoms with Crippen molar-refractivity contribution in [1.82, 2.24) is 10.9 Å². The molecule has 2 aromatic rings. The minimum Gasteiger partial charge on any atom is -0.497 e. The lowest BCUT2D eigenvalue weighted by Crippen LogP contribution is -2.49. The van der Waals surface area contributed by atoms with Crippen LogP contribution in [0.25, 0.3) is 0 Å². The van der Waals surface area contributed by atoms with Gasteiger partial charge in [-0.15, -0.1) is 0 Å². The van der Waals surface area contributed by atoms with Gasteiger partial charge in [-0.2, -0.15) is 0 Å². The Morgan fingerprint density at radius 1 is 1.15 bits per heavy atom. The standard InChI is InChI=1S/C23H27N5O5S/c1-4-33-16-7-5-15(6-8-16)28-22(30)19-12-24-27-21(19)26-23(28)34-13-20(29)25-14-9-17(31-2)11-18(10-14)32-3/h5-11,19,21,24,27H,4,12-13H2,1-3H3,(H,25,29). The van der Waals surface area contributed by atoms with E-state index in [1.165, 1.54) is 11.8 Å². The van der Waals surface area contributed by atoms with E-state index in [1.807, 2.05) is 31.2 Å². The fraction of sp³-hybridized carbons (Fsp3) is 0.348. The van der Waals surface area contributed by atoms with Gasteiger partial charge in [0.1, 0.15) is 23.4 Å². The van der Waals surface area contributed by atoms with Crippen LogP contribution in [0.15, 0.2) is 47.5 Å². The molecule has 0 radical (unpaired) electrons. The maximum absolute atomic E-state index is 13.3. The summed E-state index contributed by atoms with van der Waals surface area (Å²) in [6.45, 7) is 2.95. The maximum atomic E-state index is 13.3. The Labute approximate surface area is 202 Å². The van der Waals surface area contributed by atoms with Crippen LogP contribution in [0.2, 0.25) is 0 Å². The number of anilines is 2. The van der Waals surface area contributed by atoms with Crippen LogP contribution in [0.3, 0.4) is 0 Å². The molecule has 180 valence electrons. The summed E-state index contributed by atoms with van der Waals surface area (Å²) in [7, 11) is 3.09. The van der Waals surface area contributed by atoms with Crippen LogP contribution < -0.4 is 35.3 Å². The van der Waals surface area contributed by atoms with Gasteiger partial charge >= 0.3 is 0 Å². The van der Waals surface area contributed by atoms with Gasteiger partial charge in [-0.1, -0.05) is 11.8 Å². The average molecular weight is 486 g/mol.